The van der Waals surface area contributed by atoms with E-state index in [4.69, 9.17) is 9.84 Å². The molecule has 0 amide bonds. The fourth-order valence-electron chi connectivity index (χ4n) is 1.54. The number of hydrogen-bond donors (Lipinski definition) is 1. The second kappa shape index (κ2) is 5.01. The Bertz CT molecular complexity index is 246. The van der Waals surface area contributed by atoms with Gasteiger partial charge in [0.2, 0.25) is 0 Å². The third kappa shape index (κ3) is 3.64. The van der Waals surface area contributed by atoms with Gasteiger partial charge in [0.05, 0.1) is 12.0 Å². The average Bonchev–Trinajstić information content (AvgIpc) is 2.17. The van der Waals surface area contributed by atoms with E-state index in [1.165, 1.54) is 0 Å². The molecule has 0 bridgehead atoms. The Morgan fingerprint density at radius 1 is 1.38 bits per heavy atom. The molecule has 4 nitrogen and oxygen atoms in total. The molecule has 1 fully saturated rings. The number of carboxylic acids is 1. The molecule has 0 saturated carbocycles. The van der Waals surface area contributed by atoms with Gasteiger partial charge in [-0.1, -0.05) is 0 Å². The monoisotopic (exact) mass is 242 g/mol. The molecule has 1 heterocycles. The Balaban J connectivity index is 2.48. The Morgan fingerprint density at radius 2 is 1.94 bits per heavy atom. The third-order valence-corrected chi connectivity index (χ3v) is 2.55. The van der Waals surface area contributed by atoms with Crippen molar-refractivity contribution in [1.82, 2.24) is 0 Å². The highest BCUT2D eigenvalue weighted by molar-refractivity contribution is 5.74. The number of carbonyl (C=O) groups is 1. The topological polar surface area (TPSA) is 55.8 Å². The van der Waals surface area contributed by atoms with E-state index in [0.29, 0.717) is 0 Å². The van der Waals surface area contributed by atoms with Gasteiger partial charge in [-0.15, -0.1) is 0 Å². The zero-order chi connectivity index (χ0) is 12.2. The molecule has 94 valence electrons. The number of halogens is 3. The number of alkyl halides is 3. The number of rotatable bonds is 4. The molecule has 0 aromatic carbocycles. The fourth-order valence-corrected chi connectivity index (χ4v) is 1.54. The molecule has 0 radical (unpaired) electrons. The first-order valence-corrected chi connectivity index (χ1v) is 4.81. The van der Waals surface area contributed by atoms with E-state index in [2.05, 4.69) is 4.74 Å². The first kappa shape index (κ1) is 13.2. The summed E-state index contributed by atoms with van der Waals surface area (Å²) in [5.74, 6) is -1.13. The normalized spacial score (nSPS) is 20.7. The van der Waals surface area contributed by atoms with Crippen LogP contribution in [0.3, 0.4) is 0 Å². The minimum atomic E-state index is -4.43. The second-order valence-corrected chi connectivity index (χ2v) is 3.81. The highest BCUT2D eigenvalue weighted by Crippen LogP contribution is 2.31. The summed E-state index contributed by atoms with van der Waals surface area (Å²) in [4.78, 5) is 11.0. The molecule has 0 aliphatic carbocycles. The van der Waals surface area contributed by atoms with Crippen LogP contribution in [-0.2, 0) is 14.3 Å². The molecular formula is C9H13F3O4. The molecule has 1 rings (SSSR count). The largest absolute Gasteiger partial charge is 0.481 e. The van der Waals surface area contributed by atoms with Crippen LogP contribution in [0.25, 0.3) is 0 Å². The minimum Gasteiger partial charge on any atom is -0.481 e. The number of aliphatic carboxylic acids is 1. The second-order valence-electron chi connectivity index (χ2n) is 3.81. The number of ether oxygens (including phenoxy) is 2. The summed E-state index contributed by atoms with van der Waals surface area (Å²) in [6.07, 6.45) is -4.06. The molecule has 1 aliphatic rings. The summed E-state index contributed by atoms with van der Waals surface area (Å²) < 4.78 is 44.9. The molecule has 16 heavy (non-hydrogen) atoms. The van der Waals surface area contributed by atoms with Crippen molar-refractivity contribution < 1.29 is 32.5 Å². The van der Waals surface area contributed by atoms with E-state index < -0.39 is 30.8 Å². The van der Waals surface area contributed by atoms with Crippen LogP contribution in [0.2, 0.25) is 0 Å². The quantitative estimate of drug-likeness (QED) is 0.810. The maximum Gasteiger partial charge on any atom is 0.411 e. The first-order valence-electron chi connectivity index (χ1n) is 4.81. The predicted molar refractivity (Wildman–Crippen MR) is 47.0 cm³/mol. The molecule has 0 spiro atoms. The zero-order valence-electron chi connectivity index (χ0n) is 8.55. The lowest BCUT2D eigenvalue weighted by atomic mass is 9.81. The van der Waals surface area contributed by atoms with Crippen molar-refractivity contribution in [3.8, 4) is 0 Å². The first-order chi connectivity index (χ1) is 7.36. The summed E-state index contributed by atoms with van der Waals surface area (Å²) in [5, 5.41) is 9.00. The molecule has 1 N–H and O–H groups in total. The summed E-state index contributed by atoms with van der Waals surface area (Å²) in [6, 6.07) is 0. The van der Waals surface area contributed by atoms with Crippen LogP contribution in [-0.4, -0.2) is 43.7 Å². The lowest BCUT2D eigenvalue weighted by molar-refractivity contribution is -0.191. The third-order valence-electron chi connectivity index (χ3n) is 2.55. The SMILES string of the molecule is O=C(O)C1(COCC(F)(F)F)CCOCC1. The maximum atomic E-state index is 11.8. The van der Waals surface area contributed by atoms with Crippen molar-refractivity contribution in [2.75, 3.05) is 26.4 Å². The summed E-state index contributed by atoms with van der Waals surface area (Å²) in [5.41, 5.74) is -1.23. The molecule has 0 unspecified atom stereocenters. The standard InChI is InChI=1S/C9H13F3O4/c10-9(11,12)6-16-5-8(7(13)14)1-3-15-4-2-8/h1-6H2,(H,13,14). The maximum absolute atomic E-state index is 11.8. The smallest absolute Gasteiger partial charge is 0.411 e. The van der Waals surface area contributed by atoms with Crippen LogP contribution in [0, 0.1) is 5.41 Å². The van der Waals surface area contributed by atoms with E-state index in [0.717, 1.165) is 0 Å². The Hall–Kier alpha value is -0.820. The summed E-state index contributed by atoms with van der Waals surface area (Å²) >= 11 is 0. The highest BCUT2D eigenvalue weighted by atomic mass is 19.4. The Labute approximate surface area is 90.3 Å². The van der Waals surface area contributed by atoms with E-state index in [-0.39, 0.29) is 26.1 Å². The predicted octanol–water partition coefficient (Wildman–Crippen LogP) is 1.45. The lowest BCUT2D eigenvalue weighted by Gasteiger charge is -2.32. The van der Waals surface area contributed by atoms with Crippen LogP contribution >= 0.6 is 0 Å². The molecule has 7 heteroatoms. The number of carboxylic acid groups (broad SMARTS) is 1. The molecular weight excluding hydrogens is 229 g/mol. The molecule has 0 aromatic heterocycles. The van der Waals surface area contributed by atoms with Crippen LogP contribution < -0.4 is 0 Å². The van der Waals surface area contributed by atoms with Gasteiger partial charge in [-0.3, -0.25) is 4.79 Å². The Kier molecular flexibility index (Phi) is 4.15. The van der Waals surface area contributed by atoms with Gasteiger partial charge in [-0.2, -0.15) is 13.2 Å². The highest BCUT2D eigenvalue weighted by Gasteiger charge is 2.41. The van der Waals surface area contributed by atoms with Crippen molar-refractivity contribution >= 4 is 5.97 Å². The van der Waals surface area contributed by atoms with E-state index in [9.17, 15) is 18.0 Å². The van der Waals surface area contributed by atoms with Crippen molar-refractivity contribution in [2.45, 2.75) is 19.0 Å². The summed E-state index contributed by atoms with van der Waals surface area (Å²) in [6.45, 7) is -1.36. The van der Waals surface area contributed by atoms with Crippen molar-refractivity contribution in [2.24, 2.45) is 5.41 Å². The van der Waals surface area contributed by atoms with Gasteiger partial charge in [0.1, 0.15) is 6.61 Å². The van der Waals surface area contributed by atoms with E-state index in [1.54, 1.807) is 0 Å². The Morgan fingerprint density at radius 3 is 2.38 bits per heavy atom. The van der Waals surface area contributed by atoms with Crippen molar-refractivity contribution in [3.05, 3.63) is 0 Å². The minimum absolute atomic E-state index is 0.181. The molecule has 1 saturated heterocycles. The van der Waals surface area contributed by atoms with Gasteiger partial charge < -0.3 is 14.6 Å². The van der Waals surface area contributed by atoms with Gasteiger partial charge in [-0.25, -0.2) is 0 Å². The van der Waals surface area contributed by atoms with Gasteiger partial charge >= 0.3 is 12.1 Å². The lowest BCUT2D eigenvalue weighted by Crippen LogP contribution is -2.41. The van der Waals surface area contributed by atoms with Crippen LogP contribution in [0.1, 0.15) is 12.8 Å². The fraction of sp³-hybridized carbons (Fsp3) is 0.889. The average molecular weight is 242 g/mol. The van der Waals surface area contributed by atoms with Gasteiger partial charge in [0, 0.05) is 13.2 Å². The van der Waals surface area contributed by atoms with E-state index >= 15 is 0 Å². The van der Waals surface area contributed by atoms with Gasteiger partial charge in [0.25, 0.3) is 0 Å². The van der Waals surface area contributed by atoms with Gasteiger partial charge in [0.15, 0.2) is 0 Å². The van der Waals surface area contributed by atoms with Crippen LogP contribution in [0.15, 0.2) is 0 Å². The van der Waals surface area contributed by atoms with E-state index in [1.807, 2.05) is 0 Å². The number of hydrogen-bond acceptors (Lipinski definition) is 3. The molecule has 0 aromatic rings. The summed E-state index contributed by atoms with van der Waals surface area (Å²) in [7, 11) is 0. The van der Waals surface area contributed by atoms with Crippen molar-refractivity contribution in [1.29, 1.82) is 0 Å². The van der Waals surface area contributed by atoms with Gasteiger partial charge in [-0.05, 0) is 12.8 Å². The van der Waals surface area contributed by atoms with Crippen molar-refractivity contribution in [3.63, 3.8) is 0 Å². The molecule has 1 aliphatic heterocycles. The van der Waals surface area contributed by atoms with Crippen LogP contribution in [0.5, 0.6) is 0 Å². The van der Waals surface area contributed by atoms with Crippen LogP contribution in [0.4, 0.5) is 13.2 Å². The zero-order valence-corrected chi connectivity index (χ0v) is 8.55. The molecule has 0 atom stereocenters.